The maximum Gasteiger partial charge on any atom is 0.161 e. The minimum absolute atomic E-state index is 0.0370. The number of hydrogen-bond acceptors (Lipinski definition) is 3. The van der Waals surface area contributed by atoms with Gasteiger partial charge in [-0.25, -0.2) is 0 Å². The Kier molecular flexibility index (Phi) is 4.02. The summed E-state index contributed by atoms with van der Waals surface area (Å²) in [6.07, 6.45) is 1.13. The number of rotatable bonds is 2. The van der Waals surface area contributed by atoms with Crippen molar-refractivity contribution in [3.63, 3.8) is 0 Å². The molecule has 0 saturated heterocycles. The van der Waals surface area contributed by atoms with Crippen molar-refractivity contribution in [1.29, 1.82) is 0 Å². The molecule has 0 fully saturated rings. The van der Waals surface area contributed by atoms with Crippen molar-refractivity contribution in [3.8, 4) is 11.1 Å². The van der Waals surface area contributed by atoms with Gasteiger partial charge in [0.05, 0.1) is 5.54 Å². The normalized spacial score (nSPS) is 17.1. The summed E-state index contributed by atoms with van der Waals surface area (Å²) < 4.78 is 0. The zero-order chi connectivity index (χ0) is 14.7. The summed E-state index contributed by atoms with van der Waals surface area (Å²) in [6, 6.07) is 18.9. The molecule has 1 aliphatic heterocycles. The van der Waals surface area contributed by atoms with Gasteiger partial charge in [-0.1, -0.05) is 60.3 Å². The van der Waals surface area contributed by atoms with E-state index in [1.165, 1.54) is 11.1 Å². The van der Waals surface area contributed by atoms with Crippen LogP contribution in [-0.4, -0.2) is 16.5 Å². The Balaban J connectivity index is 1.92. The smallest absolute Gasteiger partial charge is 0.161 e. The van der Waals surface area contributed by atoms with Crippen molar-refractivity contribution < 1.29 is 0 Å². The Hall–Kier alpha value is -1.74. The SMILES string of the molecule is CC1(C)CCSC(Nc2ccccc2-c2ccccc2)=N1. The zero-order valence-electron chi connectivity index (χ0n) is 12.5. The third kappa shape index (κ3) is 3.48. The highest BCUT2D eigenvalue weighted by Crippen LogP contribution is 2.31. The van der Waals surface area contributed by atoms with E-state index in [0.29, 0.717) is 0 Å². The Bertz CT molecular complexity index is 647. The lowest BCUT2D eigenvalue weighted by Crippen LogP contribution is -2.27. The highest BCUT2D eigenvalue weighted by Gasteiger charge is 2.22. The molecule has 0 bridgehead atoms. The van der Waals surface area contributed by atoms with Gasteiger partial charge >= 0.3 is 0 Å². The van der Waals surface area contributed by atoms with Crippen molar-refractivity contribution in [2.75, 3.05) is 11.1 Å². The number of amidine groups is 1. The number of anilines is 1. The summed E-state index contributed by atoms with van der Waals surface area (Å²) in [7, 11) is 0. The van der Waals surface area contributed by atoms with Gasteiger partial charge in [0.2, 0.25) is 0 Å². The van der Waals surface area contributed by atoms with Crippen LogP contribution in [-0.2, 0) is 0 Å². The maximum atomic E-state index is 4.81. The van der Waals surface area contributed by atoms with Crippen molar-refractivity contribution in [2.24, 2.45) is 4.99 Å². The number of thioether (sulfide) groups is 1. The Morgan fingerprint density at radius 3 is 2.48 bits per heavy atom. The molecule has 1 N–H and O–H groups in total. The van der Waals surface area contributed by atoms with Crippen LogP contribution in [0.2, 0.25) is 0 Å². The summed E-state index contributed by atoms with van der Waals surface area (Å²) in [6.45, 7) is 4.38. The van der Waals surface area contributed by atoms with E-state index in [0.717, 1.165) is 23.0 Å². The van der Waals surface area contributed by atoms with Crippen LogP contribution in [0, 0.1) is 0 Å². The monoisotopic (exact) mass is 296 g/mol. The fourth-order valence-electron chi connectivity index (χ4n) is 2.40. The van der Waals surface area contributed by atoms with Crippen LogP contribution in [0.4, 0.5) is 5.69 Å². The van der Waals surface area contributed by atoms with Gasteiger partial charge in [-0.2, -0.15) is 0 Å². The van der Waals surface area contributed by atoms with Crippen molar-refractivity contribution in [1.82, 2.24) is 0 Å². The molecule has 2 aromatic rings. The number of nitrogens with zero attached hydrogens (tertiary/aromatic N) is 1. The topological polar surface area (TPSA) is 24.4 Å². The largest absolute Gasteiger partial charge is 0.334 e. The number of nitrogens with one attached hydrogen (secondary N) is 1. The minimum Gasteiger partial charge on any atom is -0.334 e. The molecular formula is C18H20N2S. The third-order valence-electron chi connectivity index (χ3n) is 3.61. The van der Waals surface area contributed by atoms with Crippen molar-refractivity contribution in [3.05, 3.63) is 54.6 Å². The fourth-order valence-corrected chi connectivity index (χ4v) is 3.69. The molecule has 2 nitrogen and oxygen atoms in total. The predicted octanol–water partition coefficient (Wildman–Crippen LogP) is 5.04. The predicted molar refractivity (Wildman–Crippen MR) is 94.1 cm³/mol. The first kappa shape index (κ1) is 14.2. The van der Waals surface area contributed by atoms with Gasteiger partial charge in [0.15, 0.2) is 5.17 Å². The molecule has 0 aliphatic carbocycles. The Labute approximate surface area is 130 Å². The zero-order valence-corrected chi connectivity index (χ0v) is 13.3. The quantitative estimate of drug-likeness (QED) is 0.840. The van der Waals surface area contributed by atoms with Crippen LogP contribution in [0.25, 0.3) is 11.1 Å². The Morgan fingerprint density at radius 2 is 1.71 bits per heavy atom. The highest BCUT2D eigenvalue weighted by atomic mass is 32.2. The lowest BCUT2D eigenvalue weighted by Gasteiger charge is -2.26. The summed E-state index contributed by atoms with van der Waals surface area (Å²) in [5, 5.41) is 4.54. The lowest BCUT2D eigenvalue weighted by molar-refractivity contribution is 0.507. The van der Waals surface area contributed by atoms with Gasteiger partial charge in [-0.3, -0.25) is 4.99 Å². The molecule has 3 rings (SSSR count). The van der Waals surface area contributed by atoms with E-state index in [1.807, 2.05) is 6.07 Å². The minimum atomic E-state index is 0.0370. The molecule has 0 saturated carbocycles. The van der Waals surface area contributed by atoms with E-state index in [4.69, 9.17) is 4.99 Å². The van der Waals surface area contributed by atoms with E-state index in [2.05, 4.69) is 67.7 Å². The second-order valence-electron chi connectivity index (χ2n) is 5.86. The number of hydrogen-bond donors (Lipinski definition) is 1. The summed E-state index contributed by atoms with van der Waals surface area (Å²) in [4.78, 5) is 4.81. The first-order chi connectivity index (χ1) is 10.1. The molecule has 3 heteroatoms. The average Bonchev–Trinajstić information content (AvgIpc) is 2.48. The van der Waals surface area contributed by atoms with E-state index < -0.39 is 0 Å². The van der Waals surface area contributed by atoms with Crippen LogP contribution in [0.1, 0.15) is 20.3 Å². The molecule has 0 amide bonds. The molecule has 0 unspecified atom stereocenters. The molecule has 108 valence electrons. The second kappa shape index (κ2) is 5.94. The summed E-state index contributed by atoms with van der Waals surface area (Å²) >= 11 is 1.80. The van der Waals surface area contributed by atoms with Gasteiger partial charge < -0.3 is 5.32 Å². The van der Waals surface area contributed by atoms with Gasteiger partial charge in [-0.05, 0) is 31.9 Å². The lowest BCUT2D eigenvalue weighted by atomic mass is 10.0. The van der Waals surface area contributed by atoms with Crippen molar-refractivity contribution in [2.45, 2.75) is 25.8 Å². The summed E-state index contributed by atoms with van der Waals surface area (Å²) in [5.74, 6) is 1.12. The molecular weight excluding hydrogens is 276 g/mol. The molecule has 0 aromatic heterocycles. The van der Waals surface area contributed by atoms with Gasteiger partial charge in [0.25, 0.3) is 0 Å². The van der Waals surface area contributed by atoms with E-state index in [9.17, 15) is 0 Å². The average molecular weight is 296 g/mol. The molecule has 1 aliphatic rings. The standard InChI is InChI=1S/C18H20N2S/c1-18(2)12-13-21-17(20-18)19-16-11-7-6-10-15(16)14-8-4-3-5-9-14/h3-11H,12-13H2,1-2H3,(H,19,20). The number of para-hydroxylation sites is 1. The fraction of sp³-hybridized carbons (Fsp3) is 0.278. The number of benzene rings is 2. The van der Waals surface area contributed by atoms with Gasteiger partial charge in [-0.15, -0.1) is 0 Å². The molecule has 0 spiro atoms. The van der Waals surface area contributed by atoms with Crippen LogP contribution in [0.15, 0.2) is 59.6 Å². The van der Waals surface area contributed by atoms with Gasteiger partial charge in [0.1, 0.15) is 0 Å². The van der Waals surface area contributed by atoms with E-state index in [-0.39, 0.29) is 5.54 Å². The van der Waals surface area contributed by atoms with Crippen LogP contribution < -0.4 is 5.32 Å². The highest BCUT2D eigenvalue weighted by molar-refractivity contribution is 8.14. The Morgan fingerprint density at radius 1 is 1.00 bits per heavy atom. The van der Waals surface area contributed by atoms with E-state index >= 15 is 0 Å². The van der Waals surface area contributed by atoms with Crippen LogP contribution >= 0.6 is 11.8 Å². The van der Waals surface area contributed by atoms with Crippen molar-refractivity contribution >= 4 is 22.6 Å². The number of aliphatic imine (C=N–C) groups is 1. The van der Waals surface area contributed by atoms with Gasteiger partial charge in [0, 0.05) is 17.0 Å². The first-order valence-corrected chi connectivity index (χ1v) is 8.27. The van der Waals surface area contributed by atoms with Crippen LogP contribution in [0.3, 0.4) is 0 Å². The molecule has 1 heterocycles. The molecule has 0 radical (unpaired) electrons. The first-order valence-electron chi connectivity index (χ1n) is 7.28. The summed E-state index contributed by atoms with van der Waals surface area (Å²) in [5.41, 5.74) is 3.59. The second-order valence-corrected chi connectivity index (χ2v) is 6.95. The van der Waals surface area contributed by atoms with Crippen LogP contribution in [0.5, 0.6) is 0 Å². The van der Waals surface area contributed by atoms with E-state index in [1.54, 1.807) is 11.8 Å². The third-order valence-corrected chi connectivity index (χ3v) is 4.49. The maximum absolute atomic E-state index is 4.81. The molecule has 0 atom stereocenters. The molecule has 2 aromatic carbocycles. The molecule has 21 heavy (non-hydrogen) atoms.